The molecule has 6 nitrogen and oxygen atoms in total. The van der Waals surface area contributed by atoms with Crippen molar-refractivity contribution in [2.45, 2.75) is 18.9 Å². The molecule has 0 spiro atoms. The van der Waals surface area contributed by atoms with Crippen LogP contribution >= 0.6 is 0 Å². The van der Waals surface area contributed by atoms with Gasteiger partial charge in [-0.25, -0.2) is 14.4 Å². The number of pyridine rings is 1. The van der Waals surface area contributed by atoms with Crippen LogP contribution in [0.3, 0.4) is 0 Å². The van der Waals surface area contributed by atoms with Gasteiger partial charge in [0, 0.05) is 12.7 Å². The summed E-state index contributed by atoms with van der Waals surface area (Å²) in [7, 11) is 0. The number of carbonyl (C=O) groups is 1. The molecule has 0 radical (unpaired) electrons. The van der Waals surface area contributed by atoms with E-state index in [0.29, 0.717) is 23.4 Å². The zero-order valence-corrected chi connectivity index (χ0v) is 12.7. The van der Waals surface area contributed by atoms with E-state index in [4.69, 9.17) is 0 Å². The predicted octanol–water partition coefficient (Wildman–Crippen LogP) is 2.78. The van der Waals surface area contributed by atoms with Gasteiger partial charge in [0.25, 0.3) is 5.91 Å². The van der Waals surface area contributed by atoms with E-state index in [0.717, 1.165) is 12.8 Å². The zero-order valence-electron chi connectivity index (χ0n) is 12.7. The molecule has 3 heterocycles. The minimum atomic E-state index is -0.338. The van der Waals surface area contributed by atoms with Crippen molar-refractivity contribution < 1.29 is 14.3 Å². The van der Waals surface area contributed by atoms with Crippen LogP contribution in [-0.4, -0.2) is 37.4 Å². The van der Waals surface area contributed by atoms with Crippen LogP contribution in [0.25, 0.3) is 11.0 Å². The molecule has 1 amide bonds. The molecule has 0 aliphatic carbocycles. The van der Waals surface area contributed by atoms with Crippen molar-refractivity contribution in [3.63, 3.8) is 0 Å². The number of H-pyrrole nitrogens is 1. The van der Waals surface area contributed by atoms with Crippen LogP contribution in [0.5, 0.6) is 5.75 Å². The second-order valence-electron chi connectivity index (χ2n) is 5.81. The number of rotatable bonds is 2. The molecule has 122 valence electrons. The highest BCUT2D eigenvalue weighted by atomic mass is 19.1. The summed E-state index contributed by atoms with van der Waals surface area (Å²) < 4.78 is 13.3. The van der Waals surface area contributed by atoms with Gasteiger partial charge in [-0.1, -0.05) is 0 Å². The summed E-state index contributed by atoms with van der Waals surface area (Å²) in [6, 6.07) is 7.12. The van der Waals surface area contributed by atoms with Gasteiger partial charge in [-0.3, -0.25) is 4.79 Å². The molecule has 4 rings (SSSR count). The highest BCUT2D eigenvalue weighted by Gasteiger charge is 2.34. The number of fused-ring (bicyclic) bond motifs is 1. The Balaban J connectivity index is 1.69. The topological polar surface area (TPSA) is 82.1 Å². The van der Waals surface area contributed by atoms with E-state index in [-0.39, 0.29) is 29.2 Å². The lowest BCUT2D eigenvalue weighted by atomic mass is 10.2. The van der Waals surface area contributed by atoms with Crippen molar-refractivity contribution in [2.75, 3.05) is 6.54 Å². The second kappa shape index (κ2) is 5.59. The van der Waals surface area contributed by atoms with Crippen LogP contribution in [-0.2, 0) is 0 Å². The third kappa shape index (κ3) is 2.38. The Morgan fingerprint density at radius 2 is 2.25 bits per heavy atom. The lowest BCUT2D eigenvalue weighted by Crippen LogP contribution is -2.31. The van der Waals surface area contributed by atoms with Crippen LogP contribution in [0.4, 0.5) is 4.39 Å². The molecule has 2 aromatic heterocycles. The zero-order chi connectivity index (χ0) is 16.7. The molecule has 3 aromatic rings. The molecule has 2 N–H and O–H groups in total. The number of aromatic hydroxyl groups is 1. The van der Waals surface area contributed by atoms with Crippen LogP contribution < -0.4 is 0 Å². The van der Waals surface area contributed by atoms with Gasteiger partial charge in [0.2, 0.25) is 0 Å². The lowest BCUT2D eigenvalue weighted by molar-refractivity contribution is 0.0721. The molecule has 1 fully saturated rings. The van der Waals surface area contributed by atoms with E-state index in [1.165, 1.54) is 24.4 Å². The number of halogens is 1. The third-order valence-corrected chi connectivity index (χ3v) is 4.28. The van der Waals surface area contributed by atoms with E-state index in [9.17, 15) is 14.3 Å². The number of aromatic nitrogens is 3. The van der Waals surface area contributed by atoms with Gasteiger partial charge in [-0.05, 0) is 43.2 Å². The number of carbonyl (C=O) groups excluding carboxylic acids is 1. The Bertz CT molecular complexity index is 924. The maximum atomic E-state index is 13.3. The van der Waals surface area contributed by atoms with Gasteiger partial charge in [0.1, 0.15) is 17.4 Å². The van der Waals surface area contributed by atoms with Crippen molar-refractivity contribution >= 4 is 16.9 Å². The van der Waals surface area contributed by atoms with Crippen molar-refractivity contribution in [3.05, 3.63) is 53.9 Å². The van der Waals surface area contributed by atoms with Gasteiger partial charge >= 0.3 is 0 Å². The SMILES string of the molecule is O=C(c1ncccc1O)N1CCC[C@@H]1c1nc2ccc(F)cc2[nH]1. The normalized spacial score (nSPS) is 17.5. The molecule has 1 aromatic carbocycles. The minimum Gasteiger partial charge on any atom is -0.505 e. The molecule has 7 heteroatoms. The minimum absolute atomic E-state index is 0.0338. The number of nitrogens with one attached hydrogen (secondary N) is 1. The van der Waals surface area contributed by atoms with Gasteiger partial charge in [-0.15, -0.1) is 0 Å². The molecule has 1 aliphatic rings. The summed E-state index contributed by atoms with van der Waals surface area (Å²) in [5, 5.41) is 9.87. The summed E-state index contributed by atoms with van der Waals surface area (Å²) in [6.07, 6.45) is 3.05. The van der Waals surface area contributed by atoms with Crippen molar-refractivity contribution in [3.8, 4) is 5.75 Å². The first-order valence-corrected chi connectivity index (χ1v) is 7.73. The smallest absolute Gasteiger partial charge is 0.276 e. The maximum Gasteiger partial charge on any atom is 0.276 e. The summed E-state index contributed by atoms with van der Waals surface area (Å²) >= 11 is 0. The van der Waals surface area contributed by atoms with Gasteiger partial charge in [0.05, 0.1) is 17.1 Å². The highest BCUT2D eigenvalue weighted by Crippen LogP contribution is 2.33. The first-order chi connectivity index (χ1) is 11.6. The average Bonchev–Trinajstić information content (AvgIpc) is 3.20. The number of benzene rings is 1. The molecule has 0 saturated carbocycles. The number of hydrogen-bond donors (Lipinski definition) is 2. The quantitative estimate of drug-likeness (QED) is 0.758. The van der Waals surface area contributed by atoms with Crippen LogP contribution in [0.1, 0.15) is 35.2 Å². The number of likely N-dealkylation sites (tertiary alicyclic amines) is 1. The standard InChI is InChI=1S/C17H15FN4O2/c18-10-5-6-11-12(9-10)21-16(20-11)13-3-2-8-22(13)17(24)15-14(23)4-1-7-19-15/h1,4-7,9,13,23H,2-3,8H2,(H,20,21)/t13-/m1/s1. The number of imidazole rings is 1. The molecule has 1 aliphatic heterocycles. The Morgan fingerprint density at radius 1 is 1.38 bits per heavy atom. The van der Waals surface area contributed by atoms with Crippen molar-refractivity contribution in [1.82, 2.24) is 19.9 Å². The van der Waals surface area contributed by atoms with E-state index in [1.54, 1.807) is 17.0 Å². The fourth-order valence-electron chi connectivity index (χ4n) is 3.15. The van der Waals surface area contributed by atoms with Gasteiger partial charge in [0.15, 0.2) is 5.69 Å². The number of amides is 1. The van der Waals surface area contributed by atoms with Crippen LogP contribution in [0, 0.1) is 5.82 Å². The number of hydrogen-bond acceptors (Lipinski definition) is 4. The molecule has 24 heavy (non-hydrogen) atoms. The van der Waals surface area contributed by atoms with Gasteiger partial charge in [-0.2, -0.15) is 0 Å². The molecular formula is C17H15FN4O2. The second-order valence-corrected chi connectivity index (χ2v) is 5.81. The first-order valence-electron chi connectivity index (χ1n) is 7.73. The molecule has 1 atom stereocenters. The largest absolute Gasteiger partial charge is 0.505 e. The van der Waals surface area contributed by atoms with Gasteiger partial charge < -0.3 is 15.0 Å². The monoisotopic (exact) mass is 326 g/mol. The molecule has 0 unspecified atom stereocenters. The fraction of sp³-hybridized carbons (Fsp3) is 0.235. The van der Waals surface area contributed by atoms with E-state index in [1.807, 2.05) is 0 Å². The van der Waals surface area contributed by atoms with Crippen molar-refractivity contribution in [1.29, 1.82) is 0 Å². The van der Waals surface area contributed by atoms with E-state index >= 15 is 0 Å². The molecular weight excluding hydrogens is 311 g/mol. The van der Waals surface area contributed by atoms with Crippen LogP contribution in [0.15, 0.2) is 36.5 Å². The Morgan fingerprint density at radius 3 is 3.08 bits per heavy atom. The third-order valence-electron chi connectivity index (χ3n) is 4.28. The first kappa shape index (κ1) is 14.6. The van der Waals surface area contributed by atoms with Crippen molar-refractivity contribution in [2.24, 2.45) is 0 Å². The summed E-state index contributed by atoms with van der Waals surface area (Å²) in [4.78, 5) is 25.9. The van der Waals surface area contributed by atoms with Crippen LogP contribution in [0.2, 0.25) is 0 Å². The van der Waals surface area contributed by atoms with E-state index < -0.39 is 0 Å². The number of nitrogens with zero attached hydrogens (tertiary/aromatic N) is 3. The van der Waals surface area contributed by atoms with E-state index in [2.05, 4.69) is 15.0 Å². The lowest BCUT2D eigenvalue weighted by Gasteiger charge is -2.23. The summed E-state index contributed by atoms with van der Waals surface area (Å²) in [6.45, 7) is 0.560. The Kier molecular flexibility index (Phi) is 3.41. The molecule has 1 saturated heterocycles. The molecule has 0 bridgehead atoms. The predicted molar refractivity (Wildman–Crippen MR) is 85.0 cm³/mol. The average molecular weight is 326 g/mol. The Labute approximate surface area is 137 Å². The summed E-state index contributed by atoms with van der Waals surface area (Å²) in [5.41, 5.74) is 1.29. The summed E-state index contributed by atoms with van der Waals surface area (Å²) in [5.74, 6) is -0.186. The highest BCUT2D eigenvalue weighted by molar-refractivity contribution is 5.95. The number of aromatic amines is 1. The Hall–Kier alpha value is -2.96. The fourth-order valence-corrected chi connectivity index (χ4v) is 3.15. The maximum absolute atomic E-state index is 13.3.